The molecule has 4 rings (SSSR count). The van der Waals surface area contributed by atoms with Crippen LogP contribution in [0.5, 0.6) is 0 Å². The number of nitrogens with one attached hydrogen (secondary N) is 1. The number of nitrogens with zero attached hydrogens (tertiary/aromatic N) is 5. The lowest BCUT2D eigenvalue weighted by Gasteiger charge is -2.35. The van der Waals surface area contributed by atoms with Crippen LogP contribution in [0.2, 0.25) is 0 Å². The van der Waals surface area contributed by atoms with Gasteiger partial charge in [-0.05, 0) is 30.9 Å². The Kier molecular flexibility index (Phi) is 4.40. The molecule has 1 saturated heterocycles. The standard InChI is InChI=1S/C16H20N6OS/c23-15(19-16-20-18-11-24-16)13-3-4-14(17-9-13)22-7-5-21(6-8-22)10-12-1-2-12/h3-4,9,11-12H,1-2,5-8,10H2,(H,19,20,23). The predicted octanol–water partition coefficient (Wildman–Crippen LogP) is 1.72. The summed E-state index contributed by atoms with van der Waals surface area (Å²) in [6.07, 6.45) is 4.44. The molecular formula is C16H20N6OS. The molecule has 0 spiro atoms. The molecule has 0 unspecified atom stereocenters. The highest BCUT2D eigenvalue weighted by Crippen LogP contribution is 2.30. The average Bonchev–Trinajstić information content (AvgIpc) is 3.28. The molecule has 7 nitrogen and oxygen atoms in total. The third-order valence-corrected chi connectivity index (χ3v) is 5.11. The summed E-state index contributed by atoms with van der Waals surface area (Å²) in [6.45, 7) is 5.44. The quantitative estimate of drug-likeness (QED) is 0.890. The van der Waals surface area contributed by atoms with Gasteiger partial charge in [0.1, 0.15) is 11.3 Å². The highest BCUT2D eigenvalue weighted by Gasteiger charge is 2.26. The van der Waals surface area contributed by atoms with E-state index in [1.807, 2.05) is 12.1 Å². The second-order valence-corrected chi connectivity index (χ2v) is 7.17. The number of carbonyl (C=O) groups is 1. The summed E-state index contributed by atoms with van der Waals surface area (Å²) in [4.78, 5) is 21.4. The van der Waals surface area contributed by atoms with E-state index in [9.17, 15) is 4.79 Å². The molecule has 2 fully saturated rings. The highest BCUT2D eigenvalue weighted by atomic mass is 32.1. The third kappa shape index (κ3) is 3.70. The molecule has 3 heterocycles. The van der Waals surface area contributed by atoms with Gasteiger partial charge in [0.05, 0.1) is 5.56 Å². The van der Waals surface area contributed by atoms with Crippen LogP contribution in [-0.2, 0) is 0 Å². The van der Waals surface area contributed by atoms with Crippen molar-refractivity contribution in [3.8, 4) is 0 Å². The summed E-state index contributed by atoms with van der Waals surface area (Å²) in [7, 11) is 0. The van der Waals surface area contributed by atoms with E-state index in [4.69, 9.17) is 0 Å². The van der Waals surface area contributed by atoms with Gasteiger partial charge in [0.25, 0.3) is 5.91 Å². The van der Waals surface area contributed by atoms with E-state index in [2.05, 4.69) is 30.3 Å². The lowest BCUT2D eigenvalue weighted by Crippen LogP contribution is -2.47. The van der Waals surface area contributed by atoms with Crippen molar-refractivity contribution in [2.75, 3.05) is 42.9 Å². The van der Waals surface area contributed by atoms with Gasteiger partial charge >= 0.3 is 0 Å². The normalized spacial score (nSPS) is 18.6. The first kappa shape index (κ1) is 15.5. The maximum atomic E-state index is 12.1. The molecule has 126 valence electrons. The Balaban J connectivity index is 1.33. The van der Waals surface area contributed by atoms with Gasteiger partial charge in [-0.15, -0.1) is 10.2 Å². The molecule has 8 heteroatoms. The molecule has 0 bridgehead atoms. The number of pyridine rings is 1. The molecule has 1 amide bonds. The molecule has 2 aromatic rings. The molecule has 0 aromatic carbocycles. The van der Waals surface area contributed by atoms with E-state index in [1.165, 1.54) is 30.7 Å². The van der Waals surface area contributed by atoms with E-state index >= 15 is 0 Å². The monoisotopic (exact) mass is 344 g/mol. The smallest absolute Gasteiger partial charge is 0.259 e. The van der Waals surface area contributed by atoms with E-state index in [-0.39, 0.29) is 5.91 Å². The molecule has 1 aliphatic heterocycles. The van der Waals surface area contributed by atoms with Crippen LogP contribution in [0.1, 0.15) is 23.2 Å². The number of anilines is 2. The van der Waals surface area contributed by atoms with Crippen LogP contribution in [0.25, 0.3) is 0 Å². The minimum atomic E-state index is -0.208. The fraction of sp³-hybridized carbons (Fsp3) is 0.500. The zero-order valence-corrected chi connectivity index (χ0v) is 14.2. The van der Waals surface area contributed by atoms with Crippen molar-refractivity contribution in [1.82, 2.24) is 20.1 Å². The summed E-state index contributed by atoms with van der Waals surface area (Å²) >= 11 is 1.29. The van der Waals surface area contributed by atoms with E-state index in [0.717, 1.165) is 37.9 Å². The van der Waals surface area contributed by atoms with Crippen molar-refractivity contribution in [2.24, 2.45) is 5.92 Å². The van der Waals surface area contributed by atoms with Crippen molar-refractivity contribution < 1.29 is 4.79 Å². The van der Waals surface area contributed by atoms with Crippen LogP contribution in [-0.4, -0.2) is 58.7 Å². The Morgan fingerprint density at radius 2 is 2.08 bits per heavy atom. The van der Waals surface area contributed by atoms with Crippen LogP contribution in [0.3, 0.4) is 0 Å². The summed E-state index contributed by atoms with van der Waals surface area (Å²) in [5.41, 5.74) is 2.11. The Hall–Kier alpha value is -2.06. The van der Waals surface area contributed by atoms with Crippen LogP contribution in [0.15, 0.2) is 23.8 Å². The zero-order chi connectivity index (χ0) is 16.4. The van der Waals surface area contributed by atoms with Crippen molar-refractivity contribution >= 4 is 28.2 Å². The van der Waals surface area contributed by atoms with E-state index in [1.54, 1.807) is 11.7 Å². The van der Waals surface area contributed by atoms with Gasteiger partial charge in [-0.1, -0.05) is 11.3 Å². The first-order valence-electron chi connectivity index (χ1n) is 8.29. The van der Waals surface area contributed by atoms with Crippen molar-refractivity contribution in [3.63, 3.8) is 0 Å². The lowest BCUT2D eigenvalue weighted by atomic mass is 10.2. The largest absolute Gasteiger partial charge is 0.354 e. The molecule has 1 aliphatic carbocycles. The minimum absolute atomic E-state index is 0.208. The molecular weight excluding hydrogens is 324 g/mol. The van der Waals surface area contributed by atoms with Gasteiger partial charge in [-0.3, -0.25) is 15.0 Å². The van der Waals surface area contributed by atoms with E-state index < -0.39 is 0 Å². The lowest BCUT2D eigenvalue weighted by molar-refractivity contribution is 0.102. The van der Waals surface area contributed by atoms with Gasteiger partial charge in [-0.2, -0.15) is 0 Å². The Bertz CT molecular complexity index is 677. The number of rotatable bonds is 5. The van der Waals surface area contributed by atoms with Crippen LogP contribution in [0.4, 0.5) is 10.9 Å². The minimum Gasteiger partial charge on any atom is -0.354 e. The number of carbonyl (C=O) groups excluding carboxylic acids is 1. The number of amides is 1. The van der Waals surface area contributed by atoms with Gasteiger partial charge < -0.3 is 4.90 Å². The summed E-state index contributed by atoms with van der Waals surface area (Å²) in [6, 6.07) is 3.74. The Labute approximate surface area is 144 Å². The fourth-order valence-electron chi connectivity index (χ4n) is 2.93. The fourth-order valence-corrected chi connectivity index (χ4v) is 3.37. The van der Waals surface area contributed by atoms with Gasteiger partial charge in [0, 0.05) is 38.9 Å². The second kappa shape index (κ2) is 6.82. The van der Waals surface area contributed by atoms with Gasteiger partial charge in [0.2, 0.25) is 5.13 Å². The second-order valence-electron chi connectivity index (χ2n) is 6.33. The SMILES string of the molecule is O=C(Nc1nncs1)c1ccc(N2CCN(CC3CC3)CC2)nc1. The Morgan fingerprint density at radius 1 is 1.25 bits per heavy atom. The first-order valence-corrected chi connectivity index (χ1v) is 9.17. The maximum Gasteiger partial charge on any atom is 0.259 e. The topological polar surface area (TPSA) is 74.2 Å². The van der Waals surface area contributed by atoms with Crippen LogP contribution >= 0.6 is 11.3 Å². The highest BCUT2D eigenvalue weighted by molar-refractivity contribution is 7.13. The number of aromatic nitrogens is 3. The van der Waals surface area contributed by atoms with Crippen molar-refractivity contribution in [3.05, 3.63) is 29.4 Å². The van der Waals surface area contributed by atoms with Gasteiger partial charge in [0.15, 0.2) is 0 Å². The Morgan fingerprint density at radius 3 is 2.71 bits per heavy atom. The average molecular weight is 344 g/mol. The summed E-state index contributed by atoms with van der Waals surface area (Å²) in [5, 5.41) is 10.7. The maximum absolute atomic E-state index is 12.1. The molecule has 0 radical (unpaired) electrons. The molecule has 0 atom stereocenters. The zero-order valence-electron chi connectivity index (χ0n) is 13.4. The predicted molar refractivity (Wildman–Crippen MR) is 93.5 cm³/mol. The van der Waals surface area contributed by atoms with Crippen LogP contribution < -0.4 is 10.2 Å². The molecule has 2 aromatic heterocycles. The molecule has 1 saturated carbocycles. The number of piperazine rings is 1. The first-order chi connectivity index (χ1) is 11.8. The summed E-state index contributed by atoms with van der Waals surface area (Å²) in [5.74, 6) is 1.68. The van der Waals surface area contributed by atoms with Crippen molar-refractivity contribution in [2.45, 2.75) is 12.8 Å². The molecule has 1 N–H and O–H groups in total. The van der Waals surface area contributed by atoms with E-state index in [0.29, 0.717) is 10.7 Å². The summed E-state index contributed by atoms with van der Waals surface area (Å²) < 4.78 is 0. The number of hydrogen-bond acceptors (Lipinski definition) is 7. The third-order valence-electron chi connectivity index (χ3n) is 4.50. The van der Waals surface area contributed by atoms with Crippen molar-refractivity contribution in [1.29, 1.82) is 0 Å². The number of hydrogen-bond donors (Lipinski definition) is 1. The molecule has 24 heavy (non-hydrogen) atoms. The molecule has 2 aliphatic rings. The van der Waals surface area contributed by atoms with Gasteiger partial charge in [-0.25, -0.2) is 4.98 Å². The van der Waals surface area contributed by atoms with Crippen LogP contribution in [0, 0.1) is 5.92 Å².